The van der Waals surface area contributed by atoms with E-state index in [0.717, 1.165) is 30.4 Å². The predicted octanol–water partition coefficient (Wildman–Crippen LogP) is 1.91. The lowest BCUT2D eigenvalue weighted by Gasteiger charge is -2.26. The van der Waals surface area contributed by atoms with Gasteiger partial charge in [-0.15, -0.1) is 0 Å². The largest absolute Gasteiger partial charge is 0.287 e. The lowest BCUT2D eigenvalue weighted by atomic mass is 10.2. The fourth-order valence-electron chi connectivity index (χ4n) is 1.92. The minimum atomic E-state index is 0.731. The highest BCUT2D eigenvalue weighted by Crippen LogP contribution is 2.10. The van der Waals surface area contributed by atoms with Crippen molar-refractivity contribution in [1.82, 2.24) is 15.0 Å². The molecule has 0 aliphatic carbocycles. The van der Waals surface area contributed by atoms with Crippen molar-refractivity contribution in [1.29, 1.82) is 0 Å². The van der Waals surface area contributed by atoms with Crippen molar-refractivity contribution in [2.24, 2.45) is 0 Å². The number of aromatic nitrogens is 2. The zero-order valence-electron chi connectivity index (χ0n) is 9.45. The number of rotatable bonds is 2. The predicted molar refractivity (Wildman–Crippen MR) is 60.6 cm³/mol. The molecule has 1 aromatic heterocycles. The molecule has 4 heteroatoms. The molecule has 4 nitrogen and oxygen atoms in total. The third-order valence-electron chi connectivity index (χ3n) is 2.60. The zero-order valence-corrected chi connectivity index (χ0v) is 9.45. The first kappa shape index (κ1) is 10.4. The van der Waals surface area contributed by atoms with E-state index >= 15 is 0 Å². The number of nitrogens with one attached hydrogen (secondary N) is 1. The van der Waals surface area contributed by atoms with Crippen LogP contribution in [-0.2, 0) is 0 Å². The van der Waals surface area contributed by atoms with Gasteiger partial charge in [0.2, 0.25) is 5.95 Å². The topological polar surface area (TPSA) is 41.1 Å². The van der Waals surface area contributed by atoms with E-state index in [4.69, 9.17) is 0 Å². The van der Waals surface area contributed by atoms with E-state index in [9.17, 15) is 0 Å². The molecule has 1 fully saturated rings. The van der Waals surface area contributed by atoms with E-state index < -0.39 is 0 Å². The molecule has 1 aliphatic rings. The van der Waals surface area contributed by atoms with Gasteiger partial charge in [0.25, 0.3) is 0 Å². The van der Waals surface area contributed by atoms with Crippen LogP contribution < -0.4 is 5.43 Å². The standard InChI is InChI=1S/C11H18N4/c1-9-8-10(2)13-11(12-9)14-15-6-4-3-5-7-15/h8H,3-7H2,1-2H3,(H,12,13,14). The van der Waals surface area contributed by atoms with Crippen molar-refractivity contribution < 1.29 is 0 Å². The Balaban J connectivity index is 2.02. The molecule has 1 saturated heterocycles. The summed E-state index contributed by atoms with van der Waals surface area (Å²) in [6, 6.07) is 1.99. The van der Waals surface area contributed by atoms with Crippen LogP contribution in [0.15, 0.2) is 6.07 Å². The van der Waals surface area contributed by atoms with Gasteiger partial charge < -0.3 is 0 Å². The number of nitrogens with zero attached hydrogens (tertiary/aromatic N) is 3. The number of hydrogen-bond acceptors (Lipinski definition) is 4. The van der Waals surface area contributed by atoms with E-state index in [1.807, 2.05) is 19.9 Å². The molecule has 1 N–H and O–H groups in total. The molecule has 0 amide bonds. The molecule has 82 valence electrons. The number of aryl methyl sites for hydroxylation is 2. The lowest BCUT2D eigenvalue weighted by molar-refractivity contribution is 0.271. The summed E-state index contributed by atoms with van der Waals surface area (Å²) in [7, 11) is 0. The molecule has 0 bridgehead atoms. The van der Waals surface area contributed by atoms with Crippen LogP contribution in [0.3, 0.4) is 0 Å². The maximum Gasteiger partial charge on any atom is 0.237 e. The highest BCUT2D eigenvalue weighted by molar-refractivity contribution is 5.26. The Bertz CT molecular complexity index is 311. The van der Waals surface area contributed by atoms with Crippen molar-refractivity contribution in [3.8, 4) is 0 Å². The Hall–Kier alpha value is -1.16. The van der Waals surface area contributed by atoms with Crippen LogP contribution in [0.2, 0.25) is 0 Å². The minimum Gasteiger partial charge on any atom is -0.287 e. The van der Waals surface area contributed by atoms with Crippen LogP contribution >= 0.6 is 0 Å². The highest BCUT2D eigenvalue weighted by atomic mass is 15.5. The molecule has 2 heterocycles. The Morgan fingerprint density at radius 1 is 1.07 bits per heavy atom. The molecule has 2 rings (SSSR count). The Labute approximate surface area is 90.7 Å². The van der Waals surface area contributed by atoms with Gasteiger partial charge in [-0.1, -0.05) is 6.42 Å². The second-order valence-electron chi connectivity index (χ2n) is 4.13. The lowest BCUT2D eigenvalue weighted by Crippen LogP contribution is -2.35. The van der Waals surface area contributed by atoms with E-state index in [1.54, 1.807) is 0 Å². The van der Waals surface area contributed by atoms with Crippen LogP contribution in [0.1, 0.15) is 30.7 Å². The summed E-state index contributed by atoms with van der Waals surface area (Å²) in [5.74, 6) is 0.731. The van der Waals surface area contributed by atoms with E-state index in [1.165, 1.54) is 19.3 Å². The van der Waals surface area contributed by atoms with Gasteiger partial charge >= 0.3 is 0 Å². The maximum absolute atomic E-state index is 4.36. The molecule has 0 unspecified atom stereocenters. The molecule has 0 aromatic carbocycles. The fraction of sp³-hybridized carbons (Fsp3) is 0.636. The normalized spacial score (nSPS) is 17.7. The number of anilines is 1. The second kappa shape index (κ2) is 4.57. The maximum atomic E-state index is 4.36. The van der Waals surface area contributed by atoms with E-state index in [-0.39, 0.29) is 0 Å². The van der Waals surface area contributed by atoms with Crippen molar-refractivity contribution in [2.75, 3.05) is 18.5 Å². The number of piperidine rings is 1. The monoisotopic (exact) mass is 206 g/mol. The Morgan fingerprint density at radius 2 is 1.67 bits per heavy atom. The number of hydrogen-bond donors (Lipinski definition) is 1. The Kier molecular flexibility index (Phi) is 3.16. The van der Waals surface area contributed by atoms with Gasteiger partial charge in [-0.25, -0.2) is 15.0 Å². The quantitative estimate of drug-likeness (QED) is 0.802. The van der Waals surface area contributed by atoms with Gasteiger partial charge in [-0.2, -0.15) is 0 Å². The highest BCUT2D eigenvalue weighted by Gasteiger charge is 2.10. The van der Waals surface area contributed by atoms with Crippen molar-refractivity contribution in [3.63, 3.8) is 0 Å². The molecule has 0 radical (unpaired) electrons. The summed E-state index contributed by atoms with van der Waals surface area (Å²) < 4.78 is 0. The summed E-state index contributed by atoms with van der Waals surface area (Å²) in [6.07, 6.45) is 3.86. The van der Waals surface area contributed by atoms with Gasteiger partial charge in [0.15, 0.2) is 0 Å². The van der Waals surface area contributed by atoms with Crippen molar-refractivity contribution in [2.45, 2.75) is 33.1 Å². The van der Waals surface area contributed by atoms with Gasteiger partial charge in [-0.3, -0.25) is 5.43 Å². The van der Waals surface area contributed by atoms with Crippen LogP contribution in [0.25, 0.3) is 0 Å². The van der Waals surface area contributed by atoms with Crippen LogP contribution in [0, 0.1) is 13.8 Å². The molecule has 15 heavy (non-hydrogen) atoms. The minimum absolute atomic E-state index is 0.731. The van der Waals surface area contributed by atoms with Crippen molar-refractivity contribution >= 4 is 5.95 Å². The SMILES string of the molecule is Cc1cc(C)nc(NN2CCCCC2)n1. The molecular weight excluding hydrogens is 188 g/mol. The first-order valence-electron chi connectivity index (χ1n) is 5.58. The number of hydrazine groups is 1. The molecule has 0 saturated carbocycles. The molecular formula is C11H18N4. The average Bonchev–Trinajstić information content (AvgIpc) is 2.17. The second-order valence-corrected chi connectivity index (χ2v) is 4.13. The van der Waals surface area contributed by atoms with Gasteiger partial charge in [0.05, 0.1) is 0 Å². The van der Waals surface area contributed by atoms with Crippen LogP contribution in [0.4, 0.5) is 5.95 Å². The van der Waals surface area contributed by atoms with Gasteiger partial charge in [-0.05, 0) is 32.8 Å². The third-order valence-corrected chi connectivity index (χ3v) is 2.60. The smallest absolute Gasteiger partial charge is 0.237 e. The molecule has 0 spiro atoms. The van der Waals surface area contributed by atoms with E-state index in [2.05, 4.69) is 20.4 Å². The van der Waals surface area contributed by atoms with E-state index in [0.29, 0.717) is 0 Å². The molecule has 1 aromatic rings. The fourth-order valence-corrected chi connectivity index (χ4v) is 1.92. The summed E-state index contributed by atoms with van der Waals surface area (Å²) in [5.41, 5.74) is 5.31. The summed E-state index contributed by atoms with van der Waals surface area (Å²) >= 11 is 0. The molecule has 1 aliphatic heterocycles. The average molecular weight is 206 g/mol. The van der Waals surface area contributed by atoms with Gasteiger partial charge in [0.1, 0.15) is 0 Å². The first-order chi connectivity index (χ1) is 7.24. The van der Waals surface area contributed by atoms with Gasteiger partial charge in [0, 0.05) is 24.5 Å². The molecule has 0 atom stereocenters. The zero-order chi connectivity index (χ0) is 10.7. The van der Waals surface area contributed by atoms with Crippen molar-refractivity contribution in [3.05, 3.63) is 17.5 Å². The summed E-state index contributed by atoms with van der Waals surface area (Å²) in [5, 5.41) is 2.21. The summed E-state index contributed by atoms with van der Waals surface area (Å²) in [4.78, 5) is 8.73. The van der Waals surface area contributed by atoms with Crippen LogP contribution in [-0.4, -0.2) is 28.1 Å². The van der Waals surface area contributed by atoms with Crippen LogP contribution in [0.5, 0.6) is 0 Å². The third kappa shape index (κ3) is 2.89. The summed E-state index contributed by atoms with van der Waals surface area (Å²) in [6.45, 7) is 6.18. The first-order valence-corrected chi connectivity index (χ1v) is 5.58. The Morgan fingerprint density at radius 3 is 2.27 bits per heavy atom.